The number of nitrogen functional groups attached to an aromatic ring is 2. The fraction of sp³-hybridized carbons (Fsp3) is 0.296. The number of quaternary nitrogens is 1. The molecule has 0 aliphatic carbocycles. The summed E-state index contributed by atoms with van der Waals surface area (Å²) in [5.74, 6) is 3.00. The first kappa shape index (κ1) is 117. The zero-order valence-corrected chi connectivity index (χ0v) is 93.0. The van der Waals surface area contributed by atoms with Crippen molar-refractivity contribution in [3.8, 4) is 47.7 Å². The van der Waals surface area contributed by atoms with Crippen LogP contribution in [0.15, 0.2) is 164 Å². The van der Waals surface area contributed by atoms with Crippen molar-refractivity contribution in [3.05, 3.63) is 249 Å². The number of nitrogens with one attached hydrogen (secondary N) is 5. The second-order valence-electron chi connectivity index (χ2n) is 37.2. The van der Waals surface area contributed by atoms with Crippen LogP contribution >= 0.6 is 120 Å². The SMILES string of the molecule is C#C[Si](C)(C)C.CC(C)(C#N)c1c[nH]c2cc(Cl)cnc12.CC(C)(C)OC(=O)n1cc(C(C)(C)C#N)c2ncc(Cl)cc21.CC(C)(C)OC(=O)n1cc(CC#N)c2ncc(Cl)cc21.CN(C)Cc1c[nH]c2cc(Cl)cnc12.C[N+](C)(C)Cc1c[nH]c2cc(Cl)cnc12.C[Si](C)(C)C#Cc1ncc(Cl)cc1N.Clc1cnc2cc[nH]c2c1.N#CCc1c[nH]c2cc(Cl)cnc12.Nc1cc(Cl)cnc1Br.[I-]. The quantitative estimate of drug-likeness (QED) is 0.0244. The number of ether oxygens (including phenoxy) is 2. The predicted molar refractivity (Wildman–Crippen MR) is 571 cm³/mol. The highest BCUT2D eigenvalue weighted by molar-refractivity contribution is 9.10. The lowest BCUT2D eigenvalue weighted by atomic mass is 9.87. The van der Waals surface area contributed by atoms with Crippen molar-refractivity contribution in [3.63, 3.8) is 0 Å². The van der Waals surface area contributed by atoms with E-state index in [9.17, 15) is 14.9 Å². The van der Waals surface area contributed by atoms with Crippen LogP contribution in [0, 0.1) is 68.8 Å². The van der Waals surface area contributed by atoms with Crippen molar-refractivity contribution in [1.82, 2.24) is 83.8 Å². The van der Waals surface area contributed by atoms with Crippen molar-refractivity contribution < 1.29 is 47.5 Å². The summed E-state index contributed by atoms with van der Waals surface area (Å²) in [6.07, 6.45) is 31.5. The van der Waals surface area contributed by atoms with Crippen LogP contribution in [0.4, 0.5) is 21.0 Å². The number of nitriles is 4. The number of aromatic amines is 5. The maximum Gasteiger partial charge on any atom is 0.419 e. The van der Waals surface area contributed by atoms with Crippen LogP contribution in [0.5, 0.6) is 0 Å². The number of hydrogen-bond acceptors (Lipinski definition) is 20. The van der Waals surface area contributed by atoms with E-state index in [0.29, 0.717) is 106 Å². The molecule has 0 atom stereocenters. The summed E-state index contributed by atoms with van der Waals surface area (Å²) >= 11 is 55.3. The monoisotopic (exact) mass is 2260 g/mol. The van der Waals surface area contributed by atoms with Gasteiger partial charge in [0.05, 0.1) is 208 Å². The molecule has 0 amide bonds. The lowest BCUT2D eigenvalue weighted by Crippen LogP contribution is -3.00. The first-order valence-corrected chi connectivity index (χ1v) is 53.4. The molecule has 0 aliphatic heterocycles. The van der Waals surface area contributed by atoms with Gasteiger partial charge in [-0.25, -0.2) is 19.6 Å². The number of halogens is 11. The van der Waals surface area contributed by atoms with Gasteiger partial charge in [0.2, 0.25) is 0 Å². The molecular formula is C98H107BrCl9IN24O4Si2. The Bertz CT molecular complexity index is 7270. The molecule has 16 aromatic heterocycles. The molecule has 728 valence electrons. The number of rotatable bonds is 8. The number of pyridine rings is 9. The molecule has 0 saturated heterocycles. The Morgan fingerprint density at radius 3 is 1.27 bits per heavy atom. The summed E-state index contributed by atoms with van der Waals surface area (Å²) in [4.78, 5) is 79.7. The van der Waals surface area contributed by atoms with Crippen LogP contribution in [0.25, 0.3) is 77.2 Å². The molecule has 16 rings (SSSR count). The lowest BCUT2D eigenvalue weighted by molar-refractivity contribution is -0.883. The number of nitrogens with zero attached hydrogens (tertiary/aromatic N) is 17. The third kappa shape index (κ3) is 36.8. The highest BCUT2D eigenvalue weighted by atomic mass is 127. The molecule has 0 saturated carbocycles. The normalized spacial score (nSPS) is 11.1. The van der Waals surface area contributed by atoms with Gasteiger partial charge in [-0.1, -0.05) is 150 Å². The van der Waals surface area contributed by atoms with Crippen LogP contribution in [0.1, 0.15) is 108 Å². The largest absolute Gasteiger partial charge is 1.00 e. The second-order valence-corrected chi connectivity index (χ2v) is 51.4. The van der Waals surface area contributed by atoms with E-state index in [0.717, 1.165) is 83.9 Å². The summed E-state index contributed by atoms with van der Waals surface area (Å²) in [6.45, 7) is 32.8. The number of aromatic nitrogens is 16. The Kier molecular flexibility index (Phi) is 43.1. The molecule has 0 spiro atoms. The van der Waals surface area contributed by atoms with Gasteiger partial charge in [0.15, 0.2) is 0 Å². The van der Waals surface area contributed by atoms with E-state index < -0.39 is 50.4 Å². The van der Waals surface area contributed by atoms with Crippen molar-refractivity contribution in [2.24, 2.45) is 0 Å². The Balaban J connectivity index is 0.000000240. The fourth-order valence-corrected chi connectivity index (χ4v) is 14.1. The molecule has 0 bridgehead atoms. The Hall–Kier alpha value is -11.1. The molecule has 16 heterocycles. The van der Waals surface area contributed by atoms with E-state index in [1.165, 1.54) is 38.9 Å². The number of anilines is 2. The highest BCUT2D eigenvalue weighted by Gasteiger charge is 2.31. The van der Waals surface area contributed by atoms with Gasteiger partial charge in [-0.15, -0.1) is 17.5 Å². The molecule has 9 N–H and O–H groups in total. The second kappa shape index (κ2) is 51.4. The summed E-state index contributed by atoms with van der Waals surface area (Å²) in [6, 6.07) is 26.4. The van der Waals surface area contributed by atoms with Gasteiger partial charge in [-0.3, -0.25) is 44.0 Å². The van der Waals surface area contributed by atoms with Gasteiger partial charge in [0.1, 0.15) is 44.2 Å². The first-order chi connectivity index (χ1) is 64.3. The number of terminal acetylenes is 1. The number of hydrogen-bond donors (Lipinski definition) is 7. The molecule has 0 radical (unpaired) electrons. The van der Waals surface area contributed by atoms with Gasteiger partial charge in [-0.2, -0.15) is 21.0 Å². The number of carbonyl (C=O) groups excluding carboxylic acids is 2. The molecule has 16 aromatic rings. The number of H-pyrrole nitrogens is 5. The molecule has 139 heavy (non-hydrogen) atoms. The minimum absolute atomic E-state index is 0. The Morgan fingerprint density at radius 1 is 0.468 bits per heavy atom. The zero-order chi connectivity index (χ0) is 103. The van der Waals surface area contributed by atoms with Crippen molar-refractivity contribution in [2.75, 3.05) is 46.7 Å². The molecule has 0 unspecified atom stereocenters. The summed E-state index contributed by atoms with van der Waals surface area (Å²) < 4.78 is 14.9. The maximum absolute atomic E-state index is 12.4. The number of fused-ring (bicyclic) bond motifs is 7. The molecule has 0 aliphatic rings. The van der Waals surface area contributed by atoms with Crippen molar-refractivity contribution in [2.45, 2.75) is 156 Å². The lowest BCUT2D eigenvalue weighted by Gasteiger charge is -2.23. The smallest absolute Gasteiger partial charge is 0.419 e. The highest BCUT2D eigenvalue weighted by Crippen LogP contribution is 2.35. The fourth-order valence-electron chi connectivity index (χ4n) is 12.0. The van der Waals surface area contributed by atoms with Gasteiger partial charge in [-0.05, 0) is 160 Å². The van der Waals surface area contributed by atoms with Gasteiger partial charge >= 0.3 is 12.2 Å². The van der Waals surface area contributed by atoms with E-state index in [2.05, 4.69) is 192 Å². The van der Waals surface area contributed by atoms with Crippen molar-refractivity contribution in [1.29, 1.82) is 21.0 Å². The standard InChI is InChI=1S/C16H18ClN3O2.C14H14ClN3O2.C11H15ClN3.C11H10ClN3.C10H12ClN3.C10H13ClN2Si.C9H6ClN3.C7H5ClN2.C5H4BrClN2.C5H10Si.HI/c1-15(2,3)22-14(21)20-8-11(16(4,5)9-18)13-12(20)6-10(17)7-19-13;1-14(2,3)20-13(19)18-8-9(4-5-16)12-11(18)6-10(15)7-17-12;1-15(2,3)7-8-5-13-10-4-9(12)6-14-11(8)10;1-11(2,6-13)8-5-14-9-3-7(12)4-15-10(8)9;1-14(2)6-7-4-12-9-3-8(11)5-13-10(7)9;1-14(2,3)5-4-10-9(12)6-8(11)7-13-10;10-7-3-8-9(13-5-7)6(1-2-11)4-12-8;8-5-3-7-6(10-4-5)1-2-9-7;6-5-4(8)1-3(7)2-9-5;1-5-6(2,3)4;/h6-8H,1-5H3;6-8H,4H2,1-3H3;4-6,13H,7H2,1-3H3;3-5,14H,1-2H3;3-5,12H,6H2,1-2H3;6-7H,12H2,1-3H3;3-5,12H,1H2;1-4,9H;1-2H,8H2;1H,2-4H3;1H/q;;+1;;;;;;;;/p-1. The van der Waals surface area contributed by atoms with Crippen LogP contribution < -0.4 is 35.4 Å². The van der Waals surface area contributed by atoms with Crippen LogP contribution in [-0.4, -0.2) is 163 Å². The van der Waals surface area contributed by atoms with Gasteiger partial charge < -0.3 is 79.2 Å². The molecule has 0 fully saturated rings. The Morgan fingerprint density at radius 2 is 0.835 bits per heavy atom. The maximum atomic E-state index is 12.4. The number of carbonyl (C=O) groups is 2. The average Bonchev–Trinajstić information content (AvgIpc) is 1.61. The summed E-state index contributed by atoms with van der Waals surface area (Å²) in [5.41, 5.74) is 33.4. The molecule has 41 heteroatoms. The van der Waals surface area contributed by atoms with Crippen molar-refractivity contribution >= 4 is 237 Å². The van der Waals surface area contributed by atoms with Crippen LogP contribution in [0.2, 0.25) is 84.5 Å². The average molecular weight is 2270 g/mol. The molecule has 0 aromatic carbocycles. The topological polar surface area (TPSA) is 408 Å². The Labute approximate surface area is 881 Å². The predicted octanol–water partition coefficient (Wildman–Crippen LogP) is 23.2. The van der Waals surface area contributed by atoms with E-state index in [4.69, 9.17) is 148 Å². The van der Waals surface area contributed by atoms with E-state index in [-0.39, 0.29) is 30.4 Å². The summed E-state index contributed by atoms with van der Waals surface area (Å²) in [7, 11) is 8.09. The van der Waals surface area contributed by atoms with E-state index in [1.807, 2.05) is 77.0 Å². The van der Waals surface area contributed by atoms with E-state index in [1.54, 1.807) is 148 Å². The molecule has 28 nitrogen and oxygen atoms in total. The first-order valence-electron chi connectivity index (χ1n) is 42.2. The number of nitrogens with two attached hydrogens (primary N) is 2. The summed E-state index contributed by atoms with van der Waals surface area (Å²) in [5, 5.41) is 40.9. The van der Waals surface area contributed by atoms with Gasteiger partial charge in [0.25, 0.3) is 0 Å². The molecular weight excluding hydrogens is 2160 g/mol. The third-order valence-corrected chi connectivity index (χ3v) is 22.5. The minimum atomic E-state index is -1.37. The van der Waals surface area contributed by atoms with E-state index >= 15 is 0 Å². The minimum Gasteiger partial charge on any atom is -1.00 e. The van der Waals surface area contributed by atoms with Crippen LogP contribution in [-0.2, 0) is 46.2 Å². The van der Waals surface area contributed by atoms with Gasteiger partial charge in [0, 0.05) is 134 Å². The third-order valence-electron chi connectivity index (χ3n) is 18.3. The zero-order valence-electron chi connectivity index (χ0n) is 80.5. The van der Waals surface area contributed by atoms with Crippen LogP contribution in [0.3, 0.4) is 0 Å².